The van der Waals surface area contributed by atoms with E-state index in [9.17, 15) is 0 Å². The third kappa shape index (κ3) is 3.06. The molecule has 1 aromatic heterocycles. The summed E-state index contributed by atoms with van der Waals surface area (Å²) in [5, 5.41) is 9.28. The molecular formula is C21H22ClN3O. The Morgan fingerprint density at radius 3 is 2.65 bits per heavy atom. The molecule has 134 valence electrons. The van der Waals surface area contributed by atoms with Gasteiger partial charge in [0.25, 0.3) is 0 Å². The minimum atomic E-state index is 0.756. The molecule has 0 unspecified atom stereocenters. The first-order chi connectivity index (χ1) is 12.7. The van der Waals surface area contributed by atoms with E-state index < -0.39 is 0 Å². The molecule has 0 bridgehead atoms. The van der Waals surface area contributed by atoms with E-state index in [4.69, 9.17) is 21.4 Å². The topological polar surface area (TPSA) is 39.1 Å². The van der Waals surface area contributed by atoms with E-state index in [1.165, 1.54) is 5.56 Å². The highest BCUT2D eigenvalue weighted by Gasteiger charge is 2.22. The van der Waals surface area contributed by atoms with Crippen molar-refractivity contribution in [1.82, 2.24) is 9.78 Å². The summed E-state index contributed by atoms with van der Waals surface area (Å²) in [6.07, 6.45) is 3.33. The molecule has 26 heavy (non-hydrogen) atoms. The first kappa shape index (κ1) is 17.0. The van der Waals surface area contributed by atoms with Gasteiger partial charge in [-0.15, -0.1) is 0 Å². The van der Waals surface area contributed by atoms with E-state index in [0.717, 1.165) is 64.9 Å². The maximum atomic E-state index is 6.36. The quantitative estimate of drug-likeness (QED) is 0.686. The van der Waals surface area contributed by atoms with Crippen LogP contribution in [0.4, 0.5) is 5.82 Å². The molecule has 2 heterocycles. The fraction of sp³-hybridized carbons (Fsp3) is 0.286. The molecule has 0 saturated heterocycles. The number of aromatic nitrogens is 2. The van der Waals surface area contributed by atoms with Gasteiger partial charge in [-0.2, -0.15) is 5.10 Å². The summed E-state index contributed by atoms with van der Waals surface area (Å²) in [5.74, 6) is 1.93. The number of rotatable bonds is 3. The molecule has 1 aliphatic rings. The van der Waals surface area contributed by atoms with Crippen molar-refractivity contribution < 1.29 is 4.74 Å². The van der Waals surface area contributed by atoms with Crippen LogP contribution in [0.25, 0.3) is 16.9 Å². The van der Waals surface area contributed by atoms with E-state index >= 15 is 0 Å². The number of hydrogen-bond donors (Lipinski definition) is 1. The van der Waals surface area contributed by atoms with E-state index in [1.807, 2.05) is 35.9 Å². The highest BCUT2D eigenvalue weighted by molar-refractivity contribution is 6.31. The van der Waals surface area contributed by atoms with Crippen LogP contribution in [0.3, 0.4) is 0 Å². The van der Waals surface area contributed by atoms with Gasteiger partial charge in [-0.3, -0.25) is 0 Å². The second-order valence-corrected chi connectivity index (χ2v) is 7.04. The van der Waals surface area contributed by atoms with E-state index in [-0.39, 0.29) is 0 Å². The van der Waals surface area contributed by atoms with E-state index in [2.05, 4.69) is 23.5 Å². The summed E-state index contributed by atoms with van der Waals surface area (Å²) in [5.41, 5.74) is 5.43. The number of hydrogen-bond acceptors (Lipinski definition) is 3. The average Bonchev–Trinajstić information content (AvgIpc) is 2.85. The standard InChI is InChI=1S/C21H22ClN3O/c1-14-6-9-16(13-19(14)22)25-21-18(5-3-4-12-23-21)20(24-25)15-7-10-17(26-2)11-8-15/h6-11,13,23H,3-5,12H2,1-2H3. The molecule has 5 heteroatoms. The lowest BCUT2D eigenvalue weighted by atomic mass is 10.0. The number of nitrogens with zero attached hydrogens (tertiary/aromatic N) is 2. The highest BCUT2D eigenvalue weighted by Crippen LogP contribution is 2.35. The van der Waals surface area contributed by atoms with Crippen molar-refractivity contribution in [3.05, 3.63) is 58.6 Å². The maximum Gasteiger partial charge on any atom is 0.133 e. The lowest BCUT2D eigenvalue weighted by molar-refractivity contribution is 0.415. The van der Waals surface area contributed by atoms with Crippen molar-refractivity contribution in [2.24, 2.45) is 0 Å². The lowest BCUT2D eigenvalue weighted by Gasteiger charge is -2.10. The summed E-state index contributed by atoms with van der Waals surface area (Å²) in [6.45, 7) is 2.97. The average molecular weight is 368 g/mol. The maximum absolute atomic E-state index is 6.36. The Balaban J connectivity index is 1.86. The first-order valence-corrected chi connectivity index (χ1v) is 9.32. The number of benzene rings is 2. The number of nitrogens with one attached hydrogen (secondary N) is 1. The number of anilines is 1. The molecule has 0 aliphatic carbocycles. The zero-order valence-corrected chi connectivity index (χ0v) is 15.8. The molecule has 4 rings (SSSR count). The monoisotopic (exact) mass is 367 g/mol. The largest absolute Gasteiger partial charge is 0.497 e. The van der Waals surface area contributed by atoms with Crippen LogP contribution < -0.4 is 10.1 Å². The fourth-order valence-electron chi connectivity index (χ4n) is 3.38. The van der Waals surface area contributed by atoms with Gasteiger partial charge in [-0.05, 0) is 68.1 Å². The van der Waals surface area contributed by atoms with E-state index in [0.29, 0.717) is 0 Å². The minimum Gasteiger partial charge on any atom is -0.497 e. The second-order valence-electron chi connectivity index (χ2n) is 6.63. The van der Waals surface area contributed by atoms with Crippen molar-refractivity contribution in [3.8, 4) is 22.7 Å². The molecule has 0 amide bonds. The van der Waals surface area contributed by atoms with Gasteiger partial charge in [-0.1, -0.05) is 17.7 Å². The molecule has 1 aliphatic heterocycles. The highest BCUT2D eigenvalue weighted by atomic mass is 35.5. The molecule has 4 nitrogen and oxygen atoms in total. The number of halogens is 1. The molecule has 0 saturated carbocycles. The Morgan fingerprint density at radius 1 is 1.12 bits per heavy atom. The summed E-state index contributed by atoms with van der Waals surface area (Å²) in [4.78, 5) is 0. The molecule has 2 aromatic carbocycles. The molecule has 0 radical (unpaired) electrons. The molecular weight excluding hydrogens is 346 g/mol. The van der Waals surface area contributed by atoms with Crippen LogP contribution >= 0.6 is 11.6 Å². The Labute approximate surface area is 158 Å². The van der Waals surface area contributed by atoms with Gasteiger partial charge in [-0.25, -0.2) is 4.68 Å². The van der Waals surface area contributed by atoms with Crippen LogP contribution in [-0.4, -0.2) is 23.4 Å². The van der Waals surface area contributed by atoms with Crippen molar-refractivity contribution in [1.29, 1.82) is 0 Å². The minimum absolute atomic E-state index is 0.756. The Hall–Kier alpha value is -2.46. The predicted molar refractivity (Wildman–Crippen MR) is 107 cm³/mol. The molecule has 3 aromatic rings. The fourth-order valence-corrected chi connectivity index (χ4v) is 3.56. The molecule has 0 atom stereocenters. The lowest BCUT2D eigenvalue weighted by Crippen LogP contribution is -2.07. The summed E-state index contributed by atoms with van der Waals surface area (Å²) in [6, 6.07) is 14.2. The van der Waals surface area contributed by atoms with Crippen molar-refractivity contribution in [2.45, 2.75) is 26.2 Å². The zero-order chi connectivity index (χ0) is 18.1. The smallest absolute Gasteiger partial charge is 0.133 e. The van der Waals surface area contributed by atoms with Gasteiger partial charge in [0.2, 0.25) is 0 Å². The zero-order valence-electron chi connectivity index (χ0n) is 15.1. The molecule has 0 fully saturated rings. The Kier molecular flexibility index (Phi) is 4.60. The van der Waals surface area contributed by atoms with Crippen LogP contribution in [-0.2, 0) is 6.42 Å². The third-order valence-electron chi connectivity index (χ3n) is 4.89. The van der Waals surface area contributed by atoms with Crippen molar-refractivity contribution in [2.75, 3.05) is 19.0 Å². The number of methoxy groups -OCH3 is 1. The van der Waals surface area contributed by atoms with Crippen molar-refractivity contribution >= 4 is 17.4 Å². The van der Waals surface area contributed by atoms with Crippen molar-refractivity contribution in [3.63, 3.8) is 0 Å². The van der Waals surface area contributed by atoms with Gasteiger partial charge >= 0.3 is 0 Å². The Bertz CT molecular complexity index is 931. The first-order valence-electron chi connectivity index (χ1n) is 8.94. The van der Waals surface area contributed by atoms with Crippen LogP contribution in [0, 0.1) is 6.92 Å². The van der Waals surface area contributed by atoms with Gasteiger partial charge in [0, 0.05) is 22.7 Å². The second kappa shape index (κ2) is 7.04. The van der Waals surface area contributed by atoms with Crippen LogP contribution in [0.15, 0.2) is 42.5 Å². The van der Waals surface area contributed by atoms with Gasteiger partial charge < -0.3 is 10.1 Å². The third-order valence-corrected chi connectivity index (χ3v) is 5.30. The number of ether oxygens (including phenoxy) is 1. The summed E-state index contributed by atoms with van der Waals surface area (Å²) < 4.78 is 7.28. The normalized spacial score (nSPS) is 13.7. The summed E-state index contributed by atoms with van der Waals surface area (Å²) in [7, 11) is 1.68. The predicted octanol–water partition coefficient (Wildman–Crippen LogP) is 5.26. The van der Waals surface area contributed by atoms with E-state index in [1.54, 1.807) is 7.11 Å². The SMILES string of the molecule is COc1ccc(-c2nn(-c3ccc(C)c(Cl)c3)c3c2CCCCN3)cc1. The van der Waals surface area contributed by atoms with Gasteiger partial charge in [0.1, 0.15) is 11.6 Å². The molecule has 0 spiro atoms. The van der Waals surface area contributed by atoms with Gasteiger partial charge in [0.15, 0.2) is 0 Å². The van der Waals surface area contributed by atoms with Crippen LogP contribution in [0.1, 0.15) is 24.0 Å². The summed E-state index contributed by atoms with van der Waals surface area (Å²) >= 11 is 6.36. The number of fused-ring (bicyclic) bond motifs is 1. The van der Waals surface area contributed by atoms with Crippen LogP contribution in [0.5, 0.6) is 5.75 Å². The number of aryl methyl sites for hydroxylation is 1. The Morgan fingerprint density at radius 2 is 1.92 bits per heavy atom. The molecule has 1 N–H and O–H groups in total. The van der Waals surface area contributed by atoms with Gasteiger partial charge in [0.05, 0.1) is 18.5 Å². The van der Waals surface area contributed by atoms with Crippen LogP contribution in [0.2, 0.25) is 5.02 Å².